The Labute approximate surface area is 123 Å². The Bertz CT molecular complexity index is 433. The van der Waals surface area contributed by atoms with Crippen molar-refractivity contribution < 1.29 is 4.74 Å². The van der Waals surface area contributed by atoms with Crippen molar-refractivity contribution in [2.24, 2.45) is 5.41 Å². The predicted octanol–water partition coefficient (Wildman–Crippen LogP) is 2.76. The number of nitrogens with one attached hydrogen (secondary N) is 1. The molecule has 1 fully saturated rings. The normalized spacial score (nSPS) is 18.0. The van der Waals surface area contributed by atoms with E-state index in [9.17, 15) is 0 Å². The summed E-state index contributed by atoms with van der Waals surface area (Å²) < 4.78 is 5.52. The standard InChI is InChI=1S/C17H28N2O/c1-14-5-6-16(15(2)11-14)19(3)12-17(13-20-4)7-9-18-10-8-17/h5-6,11,18H,7-10,12-13H2,1-4H3. The maximum atomic E-state index is 5.52. The Morgan fingerprint density at radius 1 is 1.25 bits per heavy atom. The van der Waals surface area contributed by atoms with Gasteiger partial charge in [0.1, 0.15) is 0 Å². The summed E-state index contributed by atoms with van der Waals surface area (Å²) in [6, 6.07) is 6.70. The highest BCUT2D eigenvalue weighted by Crippen LogP contribution is 2.32. The molecule has 1 aromatic rings. The molecule has 0 saturated carbocycles. The fourth-order valence-corrected chi connectivity index (χ4v) is 3.43. The first kappa shape index (κ1) is 15.3. The van der Waals surface area contributed by atoms with Crippen LogP contribution in [0.4, 0.5) is 5.69 Å². The molecule has 0 bridgehead atoms. The van der Waals surface area contributed by atoms with Crippen molar-refractivity contribution in [1.29, 1.82) is 0 Å². The van der Waals surface area contributed by atoms with Crippen LogP contribution in [0.2, 0.25) is 0 Å². The molecule has 2 rings (SSSR count). The van der Waals surface area contributed by atoms with Gasteiger partial charge in [-0.15, -0.1) is 0 Å². The van der Waals surface area contributed by atoms with Gasteiger partial charge in [-0.05, 0) is 51.4 Å². The van der Waals surface area contributed by atoms with Crippen LogP contribution in [-0.4, -0.2) is 40.4 Å². The lowest BCUT2D eigenvalue weighted by Gasteiger charge is -2.40. The molecule has 0 aromatic heterocycles. The van der Waals surface area contributed by atoms with Gasteiger partial charge in [0.2, 0.25) is 0 Å². The number of aryl methyl sites for hydroxylation is 2. The second-order valence-electron chi connectivity index (χ2n) is 6.33. The number of piperidine rings is 1. The van der Waals surface area contributed by atoms with Crippen molar-refractivity contribution in [2.45, 2.75) is 26.7 Å². The van der Waals surface area contributed by atoms with Crippen LogP contribution in [0.15, 0.2) is 18.2 Å². The van der Waals surface area contributed by atoms with Crippen LogP contribution in [0.1, 0.15) is 24.0 Å². The van der Waals surface area contributed by atoms with Gasteiger partial charge in [-0.2, -0.15) is 0 Å². The topological polar surface area (TPSA) is 24.5 Å². The minimum Gasteiger partial charge on any atom is -0.384 e. The molecule has 1 aromatic carbocycles. The third kappa shape index (κ3) is 3.53. The molecule has 0 aliphatic carbocycles. The van der Waals surface area contributed by atoms with Gasteiger partial charge in [-0.3, -0.25) is 0 Å². The van der Waals surface area contributed by atoms with E-state index in [1.807, 2.05) is 7.11 Å². The molecule has 1 saturated heterocycles. The number of hydrogen-bond donors (Lipinski definition) is 1. The lowest BCUT2D eigenvalue weighted by atomic mass is 9.79. The lowest BCUT2D eigenvalue weighted by Crippen LogP contribution is -2.46. The molecule has 3 heteroatoms. The smallest absolute Gasteiger partial charge is 0.0536 e. The van der Waals surface area contributed by atoms with Gasteiger partial charge in [0.05, 0.1) is 6.61 Å². The van der Waals surface area contributed by atoms with Gasteiger partial charge in [-0.25, -0.2) is 0 Å². The van der Waals surface area contributed by atoms with Gasteiger partial charge < -0.3 is 15.0 Å². The molecule has 0 radical (unpaired) electrons. The highest BCUT2D eigenvalue weighted by atomic mass is 16.5. The average molecular weight is 276 g/mol. The fraction of sp³-hybridized carbons (Fsp3) is 0.647. The number of benzene rings is 1. The van der Waals surface area contributed by atoms with Crippen LogP contribution >= 0.6 is 0 Å². The largest absolute Gasteiger partial charge is 0.384 e. The predicted molar refractivity (Wildman–Crippen MR) is 85.6 cm³/mol. The Morgan fingerprint density at radius 3 is 2.55 bits per heavy atom. The van der Waals surface area contributed by atoms with E-state index in [2.05, 4.69) is 49.3 Å². The first-order valence-corrected chi connectivity index (χ1v) is 7.54. The summed E-state index contributed by atoms with van der Waals surface area (Å²) in [5.41, 5.74) is 4.30. The number of hydrogen-bond acceptors (Lipinski definition) is 3. The molecule has 1 heterocycles. The summed E-state index contributed by atoms with van der Waals surface area (Å²) in [5, 5.41) is 3.46. The molecule has 1 aliphatic heterocycles. The molecule has 3 nitrogen and oxygen atoms in total. The van der Waals surface area contributed by atoms with Crippen LogP contribution in [-0.2, 0) is 4.74 Å². The Morgan fingerprint density at radius 2 is 1.95 bits per heavy atom. The minimum atomic E-state index is 0.284. The van der Waals surface area contributed by atoms with E-state index in [1.54, 1.807) is 0 Å². The zero-order valence-electron chi connectivity index (χ0n) is 13.3. The summed E-state index contributed by atoms with van der Waals surface area (Å²) >= 11 is 0. The van der Waals surface area contributed by atoms with E-state index < -0.39 is 0 Å². The number of anilines is 1. The van der Waals surface area contributed by atoms with Crippen LogP contribution in [0.5, 0.6) is 0 Å². The monoisotopic (exact) mass is 276 g/mol. The van der Waals surface area contributed by atoms with E-state index in [1.165, 1.54) is 29.7 Å². The molecule has 112 valence electrons. The maximum Gasteiger partial charge on any atom is 0.0536 e. The zero-order valence-corrected chi connectivity index (χ0v) is 13.3. The SMILES string of the molecule is COCC1(CN(C)c2ccc(C)cc2C)CCNCC1. The van der Waals surface area contributed by atoms with Crippen LogP contribution in [0.3, 0.4) is 0 Å². The molecule has 0 unspecified atom stereocenters. The minimum absolute atomic E-state index is 0.284. The summed E-state index contributed by atoms with van der Waals surface area (Å²) in [6.45, 7) is 8.46. The molecule has 1 aliphatic rings. The van der Waals surface area contributed by atoms with Crippen LogP contribution in [0, 0.1) is 19.3 Å². The number of nitrogens with zero attached hydrogens (tertiary/aromatic N) is 1. The van der Waals surface area contributed by atoms with Gasteiger partial charge in [-0.1, -0.05) is 17.7 Å². The quantitative estimate of drug-likeness (QED) is 0.895. The van der Waals surface area contributed by atoms with Crippen molar-refractivity contribution in [3.63, 3.8) is 0 Å². The zero-order chi connectivity index (χ0) is 14.6. The highest BCUT2D eigenvalue weighted by molar-refractivity contribution is 5.54. The molecular weight excluding hydrogens is 248 g/mol. The first-order chi connectivity index (χ1) is 9.56. The molecule has 0 spiro atoms. The molecule has 1 N–H and O–H groups in total. The first-order valence-electron chi connectivity index (χ1n) is 7.54. The summed E-state index contributed by atoms with van der Waals surface area (Å²) in [6.07, 6.45) is 2.38. The van der Waals surface area contributed by atoms with E-state index in [0.717, 1.165) is 26.2 Å². The van der Waals surface area contributed by atoms with Gasteiger partial charge in [0.15, 0.2) is 0 Å². The number of methoxy groups -OCH3 is 1. The van der Waals surface area contributed by atoms with Crippen molar-refractivity contribution in [2.75, 3.05) is 45.3 Å². The summed E-state index contributed by atoms with van der Waals surface area (Å²) in [5.74, 6) is 0. The van der Waals surface area contributed by atoms with E-state index in [-0.39, 0.29) is 5.41 Å². The third-order valence-corrected chi connectivity index (χ3v) is 4.45. The lowest BCUT2D eigenvalue weighted by molar-refractivity contribution is 0.0596. The van der Waals surface area contributed by atoms with Crippen LogP contribution < -0.4 is 10.2 Å². The van der Waals surface area contributed by atoms with Crippen molar-refractivity contribution >= 4 is 5.69 Å². The van der Waals surface area contributed by atoms with E-state index in [4.69, 9.17) is 4.74 Å². The van der Waals surface area contributed by atoms with E-state index in [0.29, 0.717) is 0 Å². The van der Waals surface area contributed by atoms with Crippen molar-refractivity contribution in [3.05, 3.63) is 29.3 Å². The van der Waals surface area contributed by atoms with Crippen LogP contribution in [0.25, 0.3) is 0 Å². The molecular formula is C17H28N2O. The maximum absolute atomic E-state index is 5.52. The highest BCUT2D eigenvalue weighted by Gasteiger charge is 2.33. The van der Waals surface area contributed by atoms with Gasteiger partial charge >= 0.3 is 0 Å². The third-order valence-electron chi connectivity index (χ3n) is 4.45. The average Bonchev–Trinajstić information content (AvgIpc) is 2.39. The van der Waals surface area contributed by atoms with Crippen molar-refractivity contribution in [3.8, 4) is 0 Å². The fourth-order valence-electron chi connectivity index (χ4n) is 3.43. The molecule has 20 heavy (non-hydrogen) atoms. The van der Waals surface area contributed by atoms with Crippen molar-refractivity contribution in [1.82, 2.24) is 5.32 Å². The second kappa shape index (κ2) is 6.59. The Kier molecular flexibility index (Phi) is 5.06. The second-order valence-corrected chi connectivity index (χ2v) is 6.33. The molecule has 0 amide bonds. The number of rotatable bonds is 5. The molecule has 0 atom stereocenters. The van der Waals surface area contributed by atoms with Gasteiger partial charge in [0.25, 0.3) is 0 Å². The summed E-state index contributed by atoms with van der Waals surface area (Å²) in [4.78, 5) is 2.40. The summed E-state index contributed by atoms with van der Waals surface area (Å²) in [7, 11) is 4.03. The Hall–Kier alpha value is -1.06. The Balaban J connectivity index is 2.13. The number of ether oxygens (including phenoxy) is 1. The van der Waals surface area contributed by atoms with Gasteiger partial charge in [0, 0.05) is 31.8 Å². The van der Waals surface area contributed by atoms with E-state index >= 15 is 0 Å².